The second kappa shape index (κ2) is 6.27. The van der Waals surface area contributed by atoms with Crippen LogP contribution in [0.2, 0.25) is 0 Å². The number of carbonyl (C=O) groups is 1. The summed E-state index contributed by atoms with van der Waals surface area (Å²) in [7, 11) is 0. The summed E-state index contributed by atoms with van der Waals surface area (Å²) in [5, 5.41) is 21.5. The number of amides is 1. The van der Waals surface area contributed by atoms with E-state index in [9.17, 15) is 23.8 Å². The van der Waals surface area contributed by atoms with Gasteiger partial charge in [-0.1, -0.05) is 0 Å². The fourth-order valence-corrected chi connectivity index (χ4v) is 1.77. The van der Waals surface area contributed by atoms with Crippen LogP contribution in [0, 0.1) is 11.6 Å². The first-order chi connectivity index (χ1) is 9.99. The minimum atomic E-state index is -1.18. The first kappa shape index (κ1) is 14.9. The number of aliphatic hydroxyl groups excluding tert-OH is 1. The molecule has 110 valence electrons. The van der Waals surface area contributed by atoms with Gasteiger partial charge in [-0.25, -0.2) is 8.78 Å². The quantitative estimate of drug-likeness (QED) is 0.798. The summed E-state index contributed by atoms with van der Waals surface area (Å²) < 4.78 is 26.3. The van der Waals surface area contributed by atoms with Gasteiger partial charge in [0, 0.05) is 31.1 Å². The molecule has 2 aromatic rings. The largest absolute Gasteiger partial charge is 0.507 e. The van der Waals surface area contributed by atoms with Gasteiger partial charge in [0.25, 0.3) is 5.91 Å². The van der Waals surface area contributed by atoms with Crippen molar-refractivity contribution in [3.8, 4) is 5.75 Å². The molecule has 1 amide bonds. The first-order valence-corrected chi connectivity index (χ1v) is 6.03. The zero-order chi connectivity index (χ0) is 15.4. The number of halogens is 2. The molecule has 2 rings (SSSR count). The normalized spacial score (nSPS) is 12.0. The van der Waals surface area contributed by atoms with Gasteiger partial charge in [0.1, 0.15) is 22.9 Å². The van der Waals surface area contributed by atoms with Gasteiger partial charge >= 0.3 is 0 Å². The molecular formula is C14H12F2N2O3. The van der Waals surface area contributed by atoms with E-state index in [1.807, 2.05) is 0 Å². The summed E-state index contributed by atoms with van der Waals surface area (Å²) in [6, 6.07) is 4.25. The molecule has 21 heavy (non-hydrogen) atoms. The highest BCUT2D eigenvalue weighted by Gasteiger charge is 2.19. The second-order valence-corrected chi connectivity index (χ2v) is 4.29. The van der Waals surface area contributed by atoms with Crippen molar-refractivity contribution >= 4 is 5.91 Å². The second-order valence-electron chi connectivity index (χ2n) is 4.29. The summed E-state index contributed by atoms with van der Waals surface area (Å²) in [6.45, 7) is -0.195. The maximum Gasteiger partial charge on any atom is 0.258 e. The smallest absolute Gasteiger partial charge is 0.258 e. The van der Waals surface area contributed by atoms with Gasteiger partial charge in [-0.3, -0.25) is 9.78 Å². The minimum Gasteiger partial charge on any atom is -0.507 e. The Hall–Kier alpha value is -2.54. The predicted molar refractivity (Wildman–Crippen MR) is 69.6 cm³/mol. The molecular weight excluding hydrogens is 282 g/mol. The van der Waals surface area contributed by atoms with E-state index >= 15 is 0 Å². The Bertz CT molecular complexity index is 627. The summed E-state index contributed by atoms with van der Waals surface area (Å²) in [4.78, 5) is 15.6. The average molecular weight is 294 g/mol. The number of nitrogens with one attached hydrogen (secondary N) is 1. The van der Waals surface area contributed by atoms with Gasteiger partial charge in [-0.15, -0.1) is 0 Å². The molecule has 1 atom stereocenters. The van der Waals surface area contributed by atoms with Gasteiger partial charge in [0.2, 0.25) is 0 Å². The van der Waals surface area contributed by atoms with Crippen LogP contribution in [0.5, 0.6) is 5.75 Å². The average Bonchev–Trinajstić information content (AvgIpc) is 2.44. The Labute approximate surface area is 118 Å². The number of aromatic hydroxyl groups is 1. The number of phenols is 1. The van der Waals surface area contributed by atoms with Gasteiger partial charge in [0.05, 0.1) is 6.10 Å². The Morgan fingerprint density at radius 1 is 1.29 bits per heavy atom. The molecule has 0 saturated heterocycles. The minimum absolute atomic E-state index is 0.195. The maximum atomic E-state index is 13.5. The number of rotatable bonds is 4. The molecule has 1 aromatic carbocycles. The lowest BCUT2D eigenvalue weighted by atomic mass is 10.1. The Kier molecular flexibility index (Phi) is 4.44. The molecule has 0 radical (unpaired) electrons. The molecule has 1 heterocycles. The molecule has 0 spiro atoms. The van der Waals surface area contributed by atoms with Crippen LogP contribution in [0.1, 0.15) is 22.0 Å². The van der Waals surface area contributed by atoms with Crippen LogP contribution in [0.15, 0.2) is 36.7 Å². The lowest BCUT2D eigenvalue weighted by molar-refractivity contribution is 0.0909. The molecule has 0 fully saturated rings. The molecule has 0 aliphatic rings. The van der Waals surface area contributed by atoms with Crippen molar-refractivity contribution in [1.82, 2.24) is 10.3 Å². The van der Waals surface area contributed by atoms with E-state index in [0.29, 0.717) is 17.7 Å². The van der Waals surface area contributed by atoms with Gasteiger partial charge in [-0.2, -0.15) is 0 Å². The predicted octanol–water partition coefficient (Wildman–Crippen LogP) is 1.53. The van der Waals surface area contributed by atoms with Crippen molar-refractivity contribution in [2.24, 2.45) is 0 Å². The van der Waals surface area contributed by atoms with E-state index in [4.69, 9.17) is 0 Å². The van der Waals surface area contributed by atoms with Crippen molar-refractivity contribution in [3.63, 3.8) is 0 Å². The van der Waals surface area contributed by atoms with E-state index in [-0.39, 0.29) is 6.54 Å². The summed E-state index contributed by atoms with van der Waals surface area (Å²) in [5.74, 6) is -3.91. The number of carbonyl (C=O) groups excluding carboxylic acids is 1. The lowest BCUT2D eigenvalue weighted by Gasteiger charge is -2.13. The zero-order valence-electron chi connectivity index (χ0n) is 10.8. The topological polar surface area (TPSA) is 82.5 Å². The number of aliphatic hydroxyl groups is 1. The third-order valence-electron chi connectivity index (χ3n) is 2.81. The monoisotopic (exact) mass is 294 g/mol. The number of benzene rings is 1. The lowest BCUT2D eigenvalue weighted by Crippen LogP contribution is -2.29. The summed E-state index contributed by atoms with van der Waals surface area (Å²) in [6.07, 6.45) is 1.94. The van der Waals surface area contributed by atoms with Crippen molar-refractivity contribution in [1.29, 1.82) is 0 Å². The number of hydrogen-bond donors (Lipinski definition) is 3. The number of hydrogen-bond acceptors (Lipinski definition) is 4. The van der Waals surface area contributed by atoms with E-state index in [1.54, 1.807) is 12.1 Å². The molecule has 3 N–H and O–H groups in total. The molecule has 5 nitrogen and oxygen atoms in total. The molecule has 0 saturated carbocycles. The fourth-order valence-electron chi connectivity index (χ4n) is 1.77. The Morgan fingerprint density at radius 2 is 1.95 bits per heavy atom. The summed E-state index contributed by atoms with van der Waals surface area (Å²) >= 11 is 0. The fraction of sp³-hybridized carbons (Fsp3) is 0.143. The molecule has 1 aromatic heterocycles. The van der Waals surface area contributed by atoms with Gasteiger partial charge in [0.15, 0.2) is 0 Å². The van der Waals surface area contributed by atoms with E-state index in [0.717, 1.165) is 0 Å². The Balaban J connectivity index is 2.06. The van der Waals surface area contributed by atoms with E-state index in [2.05, 4.69) is 10.3 Å². The van der Waals surface area contributed by atoms with Gasteiger partial charge < -0.3 is 15.5 Å². The van der Waals surface area contributed by atoms with E-state index in [1.165, 1.54) is 12.4 Å². The highest BCUT2D eigenvalue weighted by molar-refractivity contribution is 5.97. The van der Waals surface area contributed by atoms with Crippen LogP contribution in [0.25, 0.3) is 0 Å². The van der Waals surface area contributed by atoms with Crippen LogP contribution in [0.3, 0.4) is 0 Å². The summed E-state index contributed by atoms with van der Waals surface area (Å²) in [5.41, 5.74) is -0.146. The van der Waals surface area contributed by atoms with E-state index < -0.39 is 35.0 Å². The molecule has 0 aliphatic carbocycles. The number of pyridine rings is 1. The zero-order valence-corrected chi connectivity index (χ0v) is 10.8. The third-order valence-corrected chi connectivity index (χ3v) is 2.81. The van der Waals surface area contributed by atoms with Crippen LogP contribution in [-0.2, 0) is 0 Å². The maximum absolute atomic E-state index is 13.5. The van der Waals surface area contributed by atoms with Crippen LogP contribution >= 0.6 is 0 Å². The van der Waals surface area contributed by atoms with Gasteiger partial charge in [-0.05, 0) is 17.7 Å². The van der Waals surface area contributed by atoms with Crippen molar-refractivity contribution in [2.75, 3.05) is 6.54 Å². The third kappa shape index (κ3) is 3.51. The molecule has 1 unspecified atom stereocenters. The van der Waals surface area contributed by atoms with Crippen LogP contribution in [-0.4, -0.2) is 27.6 Å². The molecule has 0 bridgehead atoms. The van der Waals surface area contributed by atoms with Crippen LogP contribution < -0.4 is 5.32 Å². The molecule has 7 heteroatoms. The number of aromatic nitrogens is 1. The Morgan fingerprint density at radius 3 is 2.57 bits per heavy atom. The van der Waals surface area contributed by atoms with Crippen molar-refractivity contribution in [2.45, 2.75) is 6.10 Å². The van der Waals surface area contributed by atoms with Crippen molar-refractivity contribution < 1.29 is 23.8 Å². The van der Waals surface area contributed by atoms with Crippen LogP contribution in [0.4, 0.5) is 8.78 Å². The first-order valence-electron chi connectivity index (χ1n) is 6.03. The van der Waals surface area contributed by atoms with Crippen molar-refractivity contribution in [3.05, 3.63) is 59.4 Å². The number of nitrogens with zero attached hydrogens (tertiary/aromatic N) is 1. The SMILES string of the molecule is O=C(NCC(O)c1ccncc1)c1c(O)cc(F)cc1F. The highest BCUT2D eigenvalue weighted by Crippen LogP contribution is 2.22. The molecule has 0 aliphatic heterocycles. The standard InChI is InChI=1S/C14H12F2N2O3/c15-9-5-10(16)13(11(19)6-9)14(21)18-7-12(20)8-1-3-17-4-2-8/h1-6,12,19-20H,7H2,(H,18,21). The highest BCUT2D eigenvalue weighted by atomic mass is 19.1. The number of phenolic OH excluding ortho intramolecular Hbond substituents is 1.